The molecule has 0 aromatic heterocycles. The quantitative estimate of drug-likeness (QED) is 0.566. The monoisotopic (exact) mass is 340 g/mol. The number of ether oxygens (including phenoxy) is 1. The Morgan fingerprint density at radius 1 is 1.19 bits per heavy atom. The number of hydrogen-bond donors (Lipinski definition) is 1. The summed E-state index contributed by atoms with van der Waals surface area (Å²) in [4.78, 5) is 0. The van der Waals surface area contributed by atoms with Crippen LogP contribution in [0.5, 0.6) is 0 Å². The highest BCUT2D eigenvalue weighted by molar-refractivity contribution is 14.1. The normalized spacial score (nSPS) is 29.2. The Hall–Kier alpha value is 0.650. The molecule has 1 aliphatic rings. The average Bonchev–Trinajstić information content (AvgIpc) is 2.75. The lowest BCUT2D eigenvalue weighted by molar-refractivity contribution is -0.0368. The zero-order chi connectivity index (χ0) is 12.0. The smallest absolute Gasteiger partial charge is 0.0839 e. The first-order valence-corrected chi connectivity index (χ1v) is 7.91. The van der Waals surface area contributed by atoms with Crippen LogP contribution in [-0.2, 0) is 4.74 Å². The predicted molar refractivity (Wildman–Crippen MR) is 76.1 cm³/mol. The number of halogens is 1. The highest BCUT2D eigenvalue weighted by Crippen LogP contribution is 2.30. The van der Waals surface area contributed by atoms with E-state index in [0.717, 1.165) is 32.1 Å². The molecule has 0 saturated carbocycles. The van der Waals surface area contributed by atoms with Crippen LogP contribution >= 0.6 is 22.6 Å². The van der Waals surface area contributed by atoms with Crippen LogP contribution in [-0.4, -0.2) is 27.3 Å². The molecule has 1 fully saturated rings. The van der Waals surface area contributed by atoms with Gasteiger partial charge in [-0.15, -0.1) is 0 Å². The van der Waals surface area contributed by atoms with Crippen LogP contribution in [0.4, 0.5) is 0 Å². The molecule has 2 nitrogen and oxygen atoms in total. The molecule has 4 atom stereocenters. The fourth-order valence-corrected chi connectivity index (χ4v) is 3.45. The SMILES string of the molecule is CCCC[C@@H](O)[C@H]1CC[C@H]([C@@H](I)CCC)O1. The second kappa shape index (κ2) is 7.88. The van der Waals surface area contributed by atoms with E-state index in [2.05, 4.69) is 36.4 Å². The highest BCUT2D eigenvalue weighted by atomic mass is 127. The Bertz CT molecular complexity index is 187. The Morgan fingerprint density at radius 2 is 1.88 bits per heavy atom. The Labute approximate surface area is 113 Å². The third kappa shape index (κ3) is 4.49. The fourth-order valence-electron chi connectivity index (χ4n) is 2.30. The van der Waals surface area contributed by atoms with Crippen molar-refractivity contribution in [2.45, 2.75) is 81.0 Å². The van der Waals surface area contributed by atoms with E-state index in [1.54, 1.807) is 0 Å². The highest BCUT2D eigenvalue weighted by Gasteiger charge is 2.33. The van der Waals surface area contributed by atoms with Gasteiger partial charge < -0.3 is 9.84 Å². The third-order valence-corrected chi connectivity index (χ3v) is 4.76. The number of alkyl halides is 1. The summed E-state index contributed by atoms with van der Waals surface area (Å²) in [5.41, 5.74) is 0. The van der Waals surface area contributed by atoms with Crippen LogP contribution in [0.25, 0.3) is 0 Å². The zero-order valence-corrected chi connectivity index (χ0v) is 12.7. The van der Waals surface area contributed by atoms with E-state index in [9.17, 15) is 5.11 Å². The molecular weight excluding hydrogens is 315 g/mol. The van der Waals surface area contributed by atoms with E-state index in [1.165, 1.54) is 12.8 Å². The first-order chi connectivity index (χ1) is 7.69. The van der Waals surface area contributed by atoms with Crippen molar-refractivity contribution in [3.8, 4) is 0 Å². The lowest BCUT2D eigenvalue weighted by Gasteiger charge is -2.21. The minimum Gasteiger partial charge on any atom is -0.390 e. The van der Waals surface area contributed by atoms with Crippen molar-refractivity contribution in [2.24, 2.45) is 0 Å². The van der Waals surface area contributed by atoms with Gasteiger partial charge in [-0.2, -0.15) is 0 Å². The van der Waals surface area contributed by atoms with E-state index in [4.69, 9.17) is 4.74 Å². The molecule has 1 aliphatic heterocycles. The van der Waals surface area contributed by atoms with E-state index < -0.39 is 0 Å². The van der Waals surface area contributed by atoms with Crippen molar-refractivity contribution in [2.75, 3.05) is 0 Å². The minimum atomic E-state index is -0.241. The lowest BCUT2D eigenvalue weighted by atomic mass is 10.0. The summed E-state index contributed by atoms with van der Waals surface area (Å²) in [6.07, 6.45) is 8.00. The van der Waals surface area contributed by atoms with E-state index >= 15 is 0 Å². The van der Waals surface area contributed by atoms with Crippen LogP contribution < -0.4 is 0 Å². The first-order valence-electron chi connectivity index (χ1n) is 6.66. The van der Waals surface area contributed by atoms with E-state index in [0.29, 0.717) is 10.0 Å². The van der Waals surface area contributed by atoms with Crippen molar-refractivity contribution in [3.05, 3.63) is 0 Å². The molecule has 1 saturated heterocycles. The molecule has 0 spiro atoms. The van der Waals surface area contributed by atoms with Gasteiger partial charge in [-0.25, -0.2) is 0 Å². The van der Waals surface area contributed by atoms with Crippen LogP contribution in [0.2, 0.25) is 0 Å². The topological polar surface area (TPSA) is 29.5 Å². The zero-order valence-electron chi connectivity index (χ0n) is 10.5. The molecule has 0 radical (unpaired) electrons. The summed E-state index contributed by atoms with van der Waals surface area (Å²) in [6, 6.07) is 0. The Balaban J connectivity index is 2.28. The van der Waals surface area contributed by atoms with Crippen molar-refractivity contribution in [1.82, 2.24) is 0 Å². The molecule has 0 bridgehead atoms. The van der Waals surface area contributed by atoms with E-state index in [-0.39, 0.29) is 12.2 Å². The lowest BCUT2D eigenvalue weighted by Crippen LogP contribution is -2.28. The summed E-state index contributed by atoms with van der Waals surface area (Å²) >= 11 is 2.50. The maximum Gasteiger partial charge on any atom is 0.0839 e. The van der Waals surface area contributed by atoms with Gasteiger partial charge in [0.25, 0.3) is 0 Å². The first kappa shape index (κ1) is 14.7. The van der Waals surface area contributed by atoms with Gasteiger partial charge in [0.2, 0.25) is 0 Å². The molecule has 0 unspecified atom stereocenters. The molecule has 0 aliphatic carbocycles. The number of hydrogen-bond acceptors (Lipinski definition) is 2. The third-order valence-electron chi connectivity index (χ3n) is 3.34. The van der Waals surface area contributed by atoms with Crippen LogP contribution in [0.1, 0.15) is 58.8 Å². The number of aliphatic hydroxyl groups excluding tert-OH is 1. The molecule has 1 N–H and O–H groups in total. The maximum absolute atomic E-state index is 9.98. The fraction of sp³-hybridized carbons (Fsp3) is 1.00. The molecular formula is C13H25IO2. The van der Waals surface area contributed by atoms with E-state index in [1.807, 2.05) is 0 Å². The number of rotatable bonds is 7. The molecule has 1 rings (SSSR count). The summed E-state index contributed by atoms with van der Waals surface area (Å²) in [6.45, 7) is 4.38. The Kier molecular flexibility index (Phi) is 7.24. The molecule has 1 heterocycles. The molecule has 96 valence electrons. The van der Waals surface area contributed by atoms with Crippen molar-refractivity contribution < 1.29 is 9.84 Å². The largest absolute Gasteiger partial charge is 0.390 e. The van der Waals surface area contributed by atoms with Crippen LogP contribution in [0, 0.1) is 0 Å². The molecule has 16 heavy (non-hydrogen) atoms. The number of aliphatic hydroxyl groups is 1. The summed E-state index contributed by atoms with van der Waals surface area (Å²) in [5, 5.41) is 9.98. The molecule has 0 amide bonds. The second-order valence-electron chi connectivity index (χ2n) is 4.80. The van der Waals surface area contributed by atoms with Crippen molar-refractivity contribution in [1.29, 1.82) is 0 Å². The van der Waals surface area contributed by atoms with Crippen LogP contribution in [0.3, 0.4) is 0 Å². The molecule has 0 aromatic carbocycles. The van der Waals surface area contributed by atoms with Gasteiger partial charge in [0.1, 0.15) is 0 Å². The molecule has 3 heteroatoms. The minimum absolute atomic E-state index is 0.102. The summed E-state index contributed by atoms with van der Waals surface area (Å²) in [5.74, 6) is 0. The standard InChI is InChI=1S/C13H25IO2/c1-3-5-7-11(15)13-9-8-12(16-13)10(14)6-4-2/h10-13,15H,3-9H2,1-2H3/t10-,11+,12+,13+/m0/s1. The summed E-state index contributed by atoms with van der Waals surface area (Å²) in [7, 11) is 0. The molecule has 0 aromatic rings. The maximum atomic E-state index is 9.98. The van der Waals surface area contributed by atoms with Crippen molar-refractivity contribution in [3.63, 3.8) is 0 Å². The van der Waals surface area contributed by atoms with Crippen LogP contribution in [0.15, 0.2) is 0 Å². The van der Waals surface area contributed by atoms with Crippen molar-refractivity contribution >= 4 is 22.6 Å². The average molecular weight is 340 g/mol. The van der Waals surface area contributed by atoms with Gasteiger partial charge in [0.15, 0.2) is 0 Å². The number of unbranched alkanes of at least 4 members (excludes halogenated alkanes) is 1. The van der Waals surface area contributed by atoms with Gasteiger partial charge in [-0.3, -0.25) is 0 Å². The van der Waals surface area contributed by atoms with Gasteiger partial charge in [0.05, 0.1) is 18.3 Å². The van der Waals surface area contributed by atoms with Gasteiger partial charge >= 0.3 is 0 Å². The Morgan fingerprint density at radius 3 is 2.50 bits per heavy atom. The second-order valence-corrected chi connectivity index (χ2v) is 6.40. The predicted octanol–water partition coefficient (Wildman–Crippen LogP) is 3.69. The van der Waals surface area contributed by atoms with Gasteiger partial charge in [0, 0.05) is 3.92 Å². The van der Waals surface area contributed by atoms with Gasteiger partial charge in [-0.05, 0) is 25.7 Å². The van der Waals surface area contributed by atoms with Gasteiger partial charge in [-0.1, -0.05) is 55.7 Å². The summed E-state index contributed by atoms with van der Waals surface area (Å²) < 4.78 is 6.59.